The van der Waals surface area contributed by atoms with Crippen LogP contribution in [0.4, 0.5) is 0 Å². The third-order valence-electron chi connectivity index (χ3n) is 1.55. The molecule has 0 aliphatic heterocycles. The van der Waals surface area contributed by atoms with Crippen LogP contribution < -0.4 is 0 Å². The average molecular weight is 151 g/mol. The molecule has 0 saturated heterocycles. The van der Waals surface area contributed by atoms with Crippen LogP contribution in [0, 0.1) is 0 Å². The summed E-state index contributed by atoms with van der Waals surface area (Å²) in [5.74, 6) is 0. The lowest BCUT2D eigenvalue weighted by Crippen LogP contribution is -2.13. The van der Waals surface area contributed by atoms with Gasteiger partial charge in [-0.05, 0) is 13.8 Å². The van der Waals surface area contributed by atoms with Crippen molar-refractivity contribution >= 4 is 0 Å². The maximum absolute atomic E-state index is 3.92. The Morgan fingerprint density at radius 2 is 1.64 bits per heavy atom. The van der Waals surface area contributed by atoms with Gasteiger partial charge in [-0.2, -0.15) is 0 Å². The lowest BCUT2D eigenvalue weighted by molar-refractivity contribution is 0.511. The Labute approximate surface area is 69.7 Å². The van der Waals surface area contributed by atoms with E-state index in [9.17, 15) is 0 Å². The fraction of sp³-hybridized carbons (Fsp3) is 0.400. The van der Waals surface area contributed by atoms with Gasteiger partial charge in [-0.25, -0.2) is 0 Å². The lowest BCUT2D eigenvalue weighted by atomic mass is 10.2. The minimum atomic E-state index is 0.851. The third kappa shape index (κ3) is 3.66. The van der Waals surface area contributed by atoms with E-state index in [0.717, 1.165) is 23.4 Å². The summed E-state index contributed by atoms with van der Waals surface area (Å²) in [5.41, 5.74) is 3.18. The van der Waals surface area contributed by atoms with Crippen molar-refractivity contribution in [2.45, 2.75) is 20.3 Å². The van der Waals surface area contributed by atoms with Crippen molar-refractivity contribution in [3.8, 4) is 0 Å². The molecular weight excluding hydrogens is 134 g/mol. The summed E-state index contributed by atoms with van der Waals surface area (Å²) in [6.45, 7) is 15.5. The van der Waals surface area contributed by atoms with E-state index in [0.29, 0.717) is 0 Å². The van der Waals surface area contributed by atoms with Crippen LogP contribution in [0.15, 0.2) is 36.7 Å². The molecule has 0 heterocycles. The van der Waals surface area contributed by atoms with Gasteiger partial charge in [0.25, 0.3) is 0 Å². The van der Waals surface area contributed by atoms with Crippen LogP contribution in [-0.4, -0.2) is 11.9 Å². The SMILES string of the molecule is C=C(C)CC(=C)N(C)C(=C)C. The molecule has 0 spiro atoms. The van der Waals surface area contributed by atoms with E-state index in [1.165, 1.54) is 0 Å². The summed E-state index contributed by atoms with van der Waals surface area (Å²) in [4.78, 5) is 1.98. The summed E-state index contributed by atoms with van der Waals surface area (Å²) >= 11 is 0. The van der Waals surface area contributed by atoms with Crippen molar-refractivity contribution < 1.29 is 0 Å². The van der Waals surface area contributed by atoms with Crippen LogP contribution in [0.25, 0.3) is 0 Å². The molecule has 62 valence electrons. The molecule has 0 aliphatic carbocycles. The van der Waals surface area contributed by atoms with Gasteiger partial charge >= 0.3 is 0 Å². The van der Waals surface area contributed by atoms with Crippen LogP contribution in [-0.2, 0) is 0 Å². The Balaban J connectivity index is 4.04. The molecule has 1 nitrogen and oxygen atoms in total. The van der Waals surface area contributed by atoms with Crippen molar-refractivity contribution in [3.05, 3.63) is 36.7 Å². The highest BCUT2D eigenvalue weighted by molar-refractivity contribution is 5.10. The molecular formula is C10H17N. The first-order valence-electron chi connectivity index (χ1n) is 3.66. The normalized spacial score (nSPS) is 9.00. The molecule has 0 saturated carbocycles. The van der Waals surface area contributed by atoms with Gasteiger partial charge in [-0.1, -0.05) is 25.3 Å². The largest absolute Gasteiger partial charge is 0.353 e. The van der Waals surface area contributed by atoms with Crippen LogP contribution in [0.1, 0.15) is 20.3 Å². The topological polar surface area (TPSA) is 3.24 Å². The molecule has 0 fully saturated rings. The van der Waals surface area contributed by atoms with E-state index in [-0.39, 0.29) is 0 Å². The molecule has 0 amide bonds. The van der Waals surface area contributed by atoms with Crippen molar-refractivity contribution in [1.29, 1.82) is 0 Å². The number of rotatable bonds is 4. The molecule has 1 heteroatoms. The van der Waals surface area contributed by atoms with Crippen molar-refractivity contribution in [1.82, 2.24) is 4.90 Å². The zero-order chi connectivity index (χ0) is 9.02. The summed E-state index contributed by atoms with van der Waals surface area (Å²) < 4.78 is 0. The summed E-state index contributed by atoms with van der Waals surface area (Å²) in [6, 6.07) is 0. The van der Waals surface area contributed by atoms with Crippen molar-refractivity contribution in [2.75, 3.05) is 7.05 Å². The fourth-order valence-corrected chi connectivity index (χ4v) is 0.737. The molecule has 0 N–H and O–H groups in total. The van der Waals surface area contributed by atoms with Crippen molar-refractivity contribution in [2.24, 2.45) is 0 Å². The van der Waals surface area contributed by atoms with Gasteiger partial charge in [0.05, 0.1) is 0 Å². The number of nitrogens with zero attached hydrogens (tertiary/aromatic N) is 1. The molecule has 0 radical (unpaired) electrons. The predicted octanol–water partition coefficient (Wildman–Crippen LogP) is 2.93. The fourth-order valence-electron chi connectivity index (χ4n) is 0.737. The van der Waals surface area contributed by atoms with E-state index in [1.54, 1.807) is 0 Å². The van der Waals surface area contributed by atoms with Crippen LogP contribution in [0.3, 0.4) is 0 Å². The summed E-state index contributed by atoms with van der Waals surface area (Å²) in [6.07, 6.45) is 0.851. The highest BCUT2D eigenvalue weighted by Crippen LogP contribution is 2.13. The number of allylic oxidation sites excluding steroid dienone is 2. The lowest BCUT2D eigenvalue weighted by Gasteiger charge is -2.21. The van der Waals surface area contributed by atoms with E-state index >= 15 is 0 Å². The molecule has 0 atom stereocenters. The minimum absolute atomic E-state index is 0.851. The maximum atomic E-state index is 3.92. The summed E-state index contributed by atoms with van der Waals surface area (Å²) in [5, 5.41) is 0. The second-order valence-electron chi connectivity index (χ2n) is 2.99. The molecule has 0 aromatic carbocycles. The van der Waals surface area contributed by atoms with Gasteiger partial charge in [0.1, 0.15) is 0 Å². The van der Waals surface area contributed by atoms with E-state index in [2.05, 4.69) is 19.7 Å². The minimum Gasteiger partial charge on any atom is -0.353 e. The Hall–Kier alpha value is -0.980. The van der Waals surface area contributed by atoms with Gasteiger partial charge in [0.15, 0.2) is 0 Å². The first-order chi connectivity index (χ1) is 4.95. The third-order valence-corrected chi connectivity index (χ3v) is 1.55. The molecule has 0 aromatic heterocycles. The Morgan fingerprint density at radius 1 is 1.18 bits per heavy atom. The van der Waals surface area contributed by atoms with Gasteiger partial charge in [0.2, 0.25) is 0 Å². The molecule has 0 aliphatic rings. The zero-order valence-electron chi connectivity index (χ0n) is 7.78. The van der Waals surface area contributed by atoms with Gasteiger partial charge in [-0.15, -0.1) is 0 Å². The molecule has 0 unspecified atom stereocenters. The van der Waals surface area contributed by atoms with Crippen LogP contribution in [0.5, 0.6) is 0 Å². The van der Waals surface area contributed by atoms with Gasteiger partial charge < -0.3 is 4.90 Å². The quantitative estimate of drug-likeness (QED) is 0.558. The second-order valence-corrected chi connectivity index (χ2v) is 2.99. The predicted molar refractivity (Wildman–Crippen MR) is 51.1 cm³/mol. The smallest absolute Gasteiger partial charge is 0.0142 e. The highest BCUT2D eigenvalue weighted by Gasteiger charge is 2.01. The van der Waals surface area contributed by atoms with Crippen LogP contribution >= 0.6 is 0 Å². The molecule has 0 bridgehead atoms. The number of hydrogen-bond donors (Lipinski definition) is 0. The van der Waals surface area contributed by atoms with Crippen LogP contribution in [0.2, 0.25) is 0 Å². The standard InChI is InChI=1S/C10H17N/c1-8(2)7-10(5)11(6)9(3)4/h1,3,5,7H2,2,4,6H3. The highest BCUT2D eigenvalue weighted by atomic mass is 15.1. The second kappa shape index (κ2) is 4.02. The Kier molecular flexibility index (Phi) is 3.66. The molecule has 11 heavy (non-hydrogen) atoms. The first-order valence-corrected chi connectivity index (χ1v) is 3.66. The van der Waals surface area contributed by atoms with E-state index in [4.69, 9.17) is 0 Å². The number of hydrogen-bond acceptors (Lipinski definition) is 1. The molecule has 0 aromatic rings. The maximum Gasteiger partial charge on any atom is 0.0142 e. The van der Waals surface area contributed by atoms with Gasteiger partial charge in [-0.3, -0.25) is 0 Å². The van der Waals surface area contributed by atoms with E-state index in [1.807, 2.05) is 25.8 Å². The monoisotopic (exact) mass is 151 g/mol. The average Bonchev–Trinajstić information content (AvgIpc) is 1.84. The van der Waals surface area contributed by atoms with Gasteiger partial charge in [0, 0.05) is 24.9 Å². The zero-order valence-corrected chi connectivity index (χ0v) is 7.78. The van der Waals surface area contributed by atoms with E-state index < -0.39 is 0 Å². The first kappa shape index (κ1) is 10.0. The summed E-state index contributed by atoms with van der Waals surface area (Å²) in [7, 11) is 1.97. The van der Waals surface area contributed by atoms with Crippen molar-refractivity contribution in [3.63, 3.8) is 0 Å². The Morgan fingerprint density at radius 3 is 1.91 bits per heavy atom. The Bertz CT molecular complexity index is 189. The molecule has 0 rings (SSSR count).